The molecule has 0 bridgehead atoms. The molecule has 0 atom stereocenters. The summed E-state index contributed by atoms with van der Waals surface area (Å²) < 4.78 is 52.7. The Balaban J connectivity index is 2.35. The minimum Gasteiger partial charge on any atom is -0.267 e. The Morgan fingerprint density at radius 2 is 1.75 bits per heavy atom. The molecule has 3 aromatic rings. The zero-order valence-corrected chi connectivity index (χ0v) is 14.7. The molecule has 0 spiro atoms. The molecule has 0 fully saturated rings. The van der Waals surface area contributed by atoms with Gasteiger partial charge < -0.3 is 0 Å². The molecule has 3 rings (SSSR count). The Labute approximate surface area is 144 Å². The molecule has 0 aliphatic carbocycles. The van der Waals surface area contributed by atoms with Gasteiger partial charge in [-0.25, -0.2) is 12.4 Å². The van der Waals surface area contributed by atoms with Crippen LogP contribution in [0.4, 0.5) is 8.78 Å². The van der Waals surface area contributed by atoms with E-state index in [1.165, 1.54) is 24.4 Å². The fourth-order valence-corrected chi connectivity index (χ4v) is 4.24. The fourth-order valence-electron chi connectivity index (χ4n) is 2.36. The van der Waals surface area contributed by atoms with Crippen molar-refractivity contribution in [2.24, 2.45) is 0 Å². The maximum absolute atomic E-state index is 13.0. The largest absolute Gasteiger partial charge is 0.321 e. The van der Waals surface area contributed by atoms with Crippen LogP contribution < -0.4 is 5.56 Å². The lowest BCUT2D eigenvalue weighted by atomic mass is 10.2. The van der Waals surface area contributed by atoms with Gasteiger partial charge in [0.2, 0.25) is 0 Å². The summed E-state index contributed by atoms with van der Waals surface area (Å²) in [6.45, 7) is -1.27. The SMILES string of the molecule is Cc1ccc(S(=O)(=O)n2ccc3c(Br)cn(C(F)F)c(=O)c32)cc1. The predicted octanol–water partition coefficient (Wildman–Crippen LogP) is 3.51. The Bertz CT molecular complexity index is 1090. The summed E-state index contributed by atoms with van der Waals surface area (Å²) in [5.74, 6) is 0. The quantitative estimate of drug-likeness (QED) is 0.656. The smallest absolute Gasteiger partial charge is 0.267 e. The third-order valence-corrected chi connectivity index (χ3v) is 5.91. The Morgan fingerprint density at radius 3 is 2.33 bits per heavy atom. The molecule has 5 nitrogen and oxygen atoms in total. The number of nitrogens with zero attached hydrogens (tertiary/aromatic N) is 2. The second kappa shape index (κ2) is 5.82. The van der Waals surface area contributed by atoms with Crippen molar-refractivity contribution in [3.05, 3.63) is 63.1 Å². The van der Waals surface area contributed by atoms with E-state index in [-0.39, 0.29) is 24.8 Å². The Hall–Kier alpha value is -2.00. The Kier molecular flexibility index (Phi) is 4.08. The minimum atomic E-state index is -4.08. The number of hydrogen-bond donors (Lipinski definition) is 0. The first-order chi connectivity index (χ1) is 11.2. The highest BCUT2D eigenvalue weighted by Gasteiger charge is 2.23. The van der Waals surface area contributed by atoms with Crippen LogP contribution in [0, 0.1) is 6.92 Å². The molecule has 0 amide bonds. The number of fused-ring (bicyclic) bond motifs is 1. The maximum atomic E-state index is 13.0. The van der Waals surface area contributed by atoms with Crippen LogP contribution in [0.5, 0.6) is 0 Å². The molecule has 0 aliphatic heterocycles. The van der Waals surface area contributed by atoms with Gasteiger partial charge in [0.15, 0.2) is 0 Å². The van der Waals surface area contributed by atoms with E-state index in [0.29, 0.717) is 0 Å². The number of aryl methyl sites for hydroxylation is 1. The van der Waals surface area contributed by atoms with Crippen molar-refractivity contribution < 1.29 is 17.2 Å². The van der Waals surface area contributed by atoms with Gasteiger partial charge >= 0.3 is 6.55 Å². The summed E-state index contributed by atoms with van der Waals surface area (Å²) in [6.07, 6.45) is 2.12. The molecule has 1 aromatic carbocycles. The maximum Gasteiger partial charge on any atom is 0.321 e. The van der Waals surface area contributed by atoms with Crippen molar-refractivity contribution in [1.82, 2.24) is 8.54 Å². The van der Waals surface area contributed by atoms with Gasteiger partial charge in [-0.3, -0.25) is 9.36 Å². The van der Waals surface area contributed by atoms with Crippen LogP contribution in [-0.4, -0.2) is 17.0 Å². The number of alkyl halides is 2. The van der Waals surface area contributed by atoms with Gasteiger partial charge in [-0.1, -0.05) is 17.7 Å². The average molecular weight is 417 g/mol. The number of rotatable bonds is 3. The van der Waals surface area contributed by atoms with Crippen LogP contribution in [-0.2, 0) is 10.0 Å². The number of pyridine rings is 1. The molecule has 0 saturated carbocycles. The number of aromatic nitrogens is 2. The van der Waals surface area contributed by atoms with Crippen LogP contribution in [0.1, 0.15) is 12.1 Å². The molecule has 2 heterocycles. The van der Waals surface area contributed by atoms with Gasteiger partial charge in [-0.2, -0.15) is 8.78 Å². The summed E-state index contributed by atoms with van der Waals surface area (Å²) in [5.41, 5.74) is -0.539. The van der Waals surface area contributed by atoms with Crippen molar-refractivity contribution in [2.45, 2.75) is 18.4 Å². The molecular weight excluding hydrogens is 406 g/mol. The van der Waals surface area contributed by atoms with Crippen molar-refractivity contribution in [1.29, 1.82) is 0 Å². The molecule has 0 aliphatic rings. The molecule has 9 heteroatoms. The van der Waals surface area contributed by atoms with Gasteiger partial charge in [0, 0.05) is 22.3 Å². The number of benzene rings is 1. The molecule has 2 aromatic heterocycles. The van der Waals surface area contributed by atoms with Gasteiger partial charge in [0.05, 0.1) is 4.90 Å². The van der Waals surface area contributed by atoms with Crippen molar-refractivity contribution in [3.8, 4) is 0 Å². The van der Waals surface area contributed by atoms with E-state index in [0.717, 1.165) is 15.7 Å². The normalized spacial score (nSPS) is 12.2. The first-order valence-corrected chi connectivity index (χ1v) is 8.99. The number of hydrogen-bond acceptors (Lipinski definition) is 3. The summed E-state index contributed by atoms with van der Waals surface area (Å²) in [5, 5.41) is 0.243. The third kappa shape index (κ3) is 2.57. The lowest BCUT2D eigenvalue weighted by Crippen LogP contribution is -2.24. The topological polar surface area (TPSA) is 61.1 Å². The van der Waals surface area contributed by atoms with E-state index in [9.17, 15) is 22.0 Å². The molecule has 126 valence electrons. The third-order valence-electron chi connectivity index (χ3n) is 3.59. The first-order valence-electron chi connectivity index (χ1n) is 6.75. The fraction of sp³-hybridized carbons (Fsp3) is 0.133. The highest BCUT2D eigenvalue weighted by atomic mass is 79.9. The van der Waals surface area contributed by atoms with E-state index in [2.05, 4.69) is 15.9 Å². The molecule has 0 radical (unpaired) electrons. The molecular formula is C15H11BrF2N2O3S. The first kappa shape index (κ1) is 16.8. The van der Waals surface area contributed by atoms with E-state index < -0.39 is 22.1 Å². The standard InChI is InChI=1S/C15H11BrF2N2O3S/c1-9-2-4-10(5-3-9)24(22,23)20-7-6-11-12(16)8-19(15(17)18)14(21)13(11)20/h2-8,15H,1H3. The monoisotopic (exact) mass is 416 g/mol. The van der Waals surface area contributed by atoms with Crippen molar-refractivity contribution >= 4 is 36.9 Å². The van der Waals surface area contributed by atoms with Crippen molar-refractivity contribution in [2.75, 3.05) is 0 Å². The van der Waals surface area contributed by atoms with Gasteiger partial charge in [-0.15, -0.1) is 0 Å². The van der Waals surface area contributed by atoms with Crippen LogP contribution in [0.25, 0.3) is 10.9 Å². The summed E-state index contributed by atoms with van der Waals surface area (Å²) in [6, 6.07) is 7.43. The molecule has 24 heavy (non-hydrogen) atoms. The lowest BCUT2D eigenvalue weighted by Gasteiger charge is -2.10. The van der Waals surface area contributed by atoms with Crippen molar-refractivity contribution in [3.63, 3.8) is 0 Å². The number of halogens is 3. The van der Waals surface area contributed by atoms with E-state index >= 15 is 0 Å². The van der Waals surface area contributed by atoms with Crippen LogP contribution in [0.3, 0.4) is 0 Å². The zero-order chi connectivity index (χ0) is 17.6. The highest BCUT2D eigenvalue weighted by molar-refractivity contribution is 9.10. The summed E-state index contributed by atoms with van der Waals surface area (Å²) in [4.78, 5) is 12.3. The van der Waals surface area contributed by atoms with Crippen LogP contribution in [0.2, 0.25) is 0 Å². The molecule has 0 unspecified atom stereocenters. The van der Waals surface area contributed by atoms with Gasteiger partial charge in [0.1, 0.15) is 5.52 Å². The second-order valence-corrected chi connectivity index (χ2v) is 7.83. The summed E-state index contributed by atoms with van der Waals surface area (Å²) >= 11 is 3.09. The zero-order valence-electron chi connectivity index (χ0n) is 12.3. The predicted molar refractivity (Wildman–Crippen MR) is 88.9 cm³/mol. The summed E-state index contributed by atoms with van der Waals surface area (Å²) in [7, 11) is -4.08. The highest BCUT2D eigenvalue weighted by Crippen LogP contribution is 2.27. The second-order valence-electron chi connectivity index (χ2n) is 5.16. The Morgan fingerprint density at radius 1 is 1.12 bits per heavy atom. The molecule has 0 saturated heterocycles. The van der Waals surface area contributed by atoms with Gasteiger partial charge in [0.25, 0.3) is 15.6 Å². The van der Waals surface area contributed by atoms with Crippen LogP contribution >= 0.6 is 15.9 Å². The van der Waals surface area contributed by atoms with E-state index in [1.807, 2.05) is 0 Å². The van der Waals surface area contributed by atoms with E-state index in [1.54, 1.807) is 19.1 Å². The molecule has 0 N–H and O–H groups in total. The van der Waals surface area contributed by atoms with Crippen LogP contribution in [0.15, 0.2) is 56.9 Å². The average Bonchev–Trinajstić information content (AvgIpc) is 2.97. The minimum absolute atomic E-state index is 0.0337. The lowest BCUT2D eigenvalue weighted by molar-refractivity contribution is 0.0666. The van der Waals surface area contributed by atoms with E-state index in [4.69, 9.17) is 0 Å². The van der Waals surface area contributed by atoms with Gasteiger partial charge in [-0.05, 0) is 41.1 Å².